The molecule has 0 aromatic heterocycles. The summed E-state index contributed by atoms with van der Waals surface area (Å²) in [4.78, 5) is 13.4. The number of rotatable bonds is 7. The van der Waals surface area contributed by atoms with Crippen molar-refractivity contribution < 1.29 is 4.79 Å². The molecule has 0 saturated carbocycles. The van der Waals surface area contributed by atoms with Crippen molar-refractivity contribution in [1.29, 1.82) is 0 Å². The minimum absolute atomic E-state index is 0.715. The van der Waals surface area contributed by atoms with Crippen LogP contribution in [0.15, 0.2) is 107 Å². The van der Waals surface area contributed by atoms with Gasteiger partial charge in [-0.2, -0.15) is 0 Å². The van der Waals surface area contributed by atoms with E-state index in [1.165, 1.54) is 22.3 Å². The first kappa shape index (κ1) is 20.0. The van der Waals surface area contributed by atoms with E-state index in [2.05, 4.69) is 72.0 Å². The second-order valence-electron chi connectivity index (χ2n) is 7.08. The molecule has 0 radical (unpaired) electrons. The molecular weight excluding hydrogens is 386 g/mol. The van der Waals surface area contributed by atoms with Crippen molar-refractivity contribution in [2.24, 2.45) is 0 Å². The average molecular weight is 410 g/mol. The Hall–Kier alpha value is -3.30. The first-order valence-corrected chi connectivity index (χ1v) is 10.8. The van der Waals surface area contributed by atoms with Gasteiger partial charge in [-0.05, 0) is 46.9 Å². The number of benzene rings is 4. The van der Waals surface area contributed by atoms with Crippen molar-refractivity contribution in [3.8, 4) is 11.1 Å². The summed E-state index contributed by atoms with van der Waals surface area (Å²) < 4.78 is 0. The van der Waals surface area contributed by atoms with E-state index in [-0.39, 0.29) is 0 Å². The summed E-state index contributed by atoms with van der Waals surface area (Å²) >= 11 is 1.61. The van der Waals surface area contributed by atoms with Gasteiger partial charge in [-0.15, -0.1) is 0 Å². The van der Waals surface area contributed by atoms with Crippen LogP contribution in [0.5, 0.6) is 0 Å². The monoisotopic (exact) mass is 409 g/mol. The molecule has 30 heavy (non-hydrogen) atoms. The van der Waals surface area contributed by atoms with Crippen LogP contribution in [-0.4, -0.2) is 13.3 Å². The van der Waals surface area contributed by atoms with E-state index in [0.717, 1.165) is 28.2 Å². The molecular formula is C27H23NOS. The first-order valence-electron chi connectivity index (χ1n) is 9.94. The molecule has 2 nitrogen and oxygen atoms in total. The highest BCUT2D eigenvalue weighted by Crippen LogP contribution is 2.35. The molecule has 0 fully saturated rings. The van der Waals surface area contributed by atoms with Crippen LogP contribution in [0.1, 0.15) is 21.5 Å². The first-order chi connectivity index (χ1) is 14.8. The van der Waals surface area contributed by atoms with Gasteiger partial charge in [0.05, 0.1) is 0 Å². The Balaban J connectivity index is 1.52. The van der Waals surface area contributed by atoms with Crippen LogP contribution in [0.2, 0.25) is 0 Å². The quantitative estimate of drug-likeness (QED) is 0.335. The fraction of sp³-hybridized carbons (Fsp3) is 0.0741. The van der Waals surface area contributed by atoms with Crippen LogP contribution in [0.4, 0.5) is 5.69 Å². The van der Waals surface area contributed by atoms with E-state index in [1.54, 1.807) is 11.8 Å². The Morgan fingerprint density at radius 1 is 0.733 bits per heavy atom. The van der Waals surface area contributed by atoms with Gasteiger partial charge in [0.1, 0.15) is 0 Å². The molecule has 1 N–H and O–H groups in total. The minimum Gasteiger partial charge on any atom is -0.387 e. The van der Waals surface area contributed by atoms with E-state index in [0.29, 0.717) is 5.56 Å². The Labute approximate surface area is 182 Å². The van der Waals surface area contributed by atoms with Gasteiger partial charge in [0, 0.05) is 28.1 Å². The maximum absolute atomic E-state index is 11.3. The zero-order chi connectivity index (χ0) is 20.8. The molecule has 4 aromatic rings. The van der Waals surface area contributed by atoms with Gasteiger partial charge in [0.2, 0.25) is 0 Å². The number of hydrogen-bond donors (Lipinski definition) is 1. The van der Waals surface area contributed by atoms with Crippen molar-refractivity contribution in [2.45, 2.75) is 16.2 Å². The highest BCUT2D eigenvalue weighted by Gasteiger charge is 2.09. The molecule has 4 aromatic carbocycles. The lowest BCUT2D eigenvalue weighted by molar-refractivity contribution is 0.112. The number of carbonyl (C=O) groups excluding carboxylic acids is 1. The molecule has 4 rings (SSSR count). The minimum atomic E-state index is 0.715. The van der Waals surface area contributed by atoms with Crippen LogP contribution >= 0.6 is 11.8 Å². The van der Waals surface area contributed by atoms with Crippen molar-refractivity contribution in [3.05, 3.63) is 114 Å². The predicted molar refractivity (Wildman–Crippen MR) is 127 cm³/mol. The van der Waals surface area contributed by atoms with Crippen LogP contribution in [0, 0.1) is 0 Å². The van der Waals surface area contributed by atoms with Crippen molar-refractivity contribution in [3.63, 3.8) is 0 Å². The van der Waals surface area contributed by atoms with Crippen molar-refractivity contribution >= 4 is 23.7 Å². The summed E-state index contributed by atoms with van der Waals surface area (Å²) in [6.45, 7) is 0. The Bertz CT molecular complexity index is 1140. The summed E-state index contributed by atoms with van der Waals surface area (Å²) in [6.07, 6.45) is 1.79. The third-order valence-electron chi connectivity index (χ3n) is 5.05. The molecule has 0 aliphatic heterocycles. The van der Waals surface area contributed by atoms with Crippen molar-refractivity contribution in [1.82, 2.24) is 0 Å². The van der Waals surface area contributed by atoms with Gasteiger partial charge < -0.3 is 5.32 Å². The summed E-state index contributed by atoms with van der Waals surface area (Å²) in [5.74, 6) is 0. The Morgan fingerprint density at radius 2 is 1.40 bits per heavy atom. The van der Waals surface area contributed by atoms with E-state index in [9.17, 15) is 4.79 Å². The molecule has 0 heterocycles. The van der Waals surface area contributed by atoms with E-state index in [4.69, 9.17) is 0 Å². The normalized spacial score (nSPS) is 10.6. The number of hydrogen-bond acceptors (Lipinski definition) is 3. The van der Waals surface area contributed by atoms with E-state index in [1.807, 2.05) is 37.4 Å². The van der Waals surface area contributed by atoms with Crippen LogP contribution in [0.3, 0.4) is 0 Å². The SMILES string of the molecule is CNc1cc(Cc2ccc(-c3ccccc3)cc2)ccc1Sc1ccccc1C=O. The molecule has 0 unspecified atom stereocenters. The fourth-order valence-corrected chi connectivity index (χ4v) is 4.47. The summed E-state index contributed by atoms with van der Waals surface area (Å²) in [7, 11) is 1.93. The number of anilines is 1. The van der Waals surface area contributed by atoms with Crippen molar-refractivity contribution in [2.75, 3.05) is 12.4 Å². The summed E-state index contributed by atoms with van der Waals surface area (Å²) in [5, 5.41) is 3.30. The molecule has 0 spiro atoms. The molecule has 148 valence electrons. The van der Waals surface area contributed by atoms with Crippen LogP contribution < -0.4 is 5.32 Å². The Kier molecular flexibility index (Phi) is 6.31. The largest absolute Gasteiger partial charge is 0.387 e. The van der Waals surface area contributed by atoms with Crippen LogP contribution in [0.25, 0.3) is 11.1 Å². The molecule has 3 heteroatoms. The molecule has 0 amide bonds. The lowest BCUT2D eigenvalue weighted by atomic mass is 10.00. The number of nitrogens with one attached hydrogen (secondary N) is 1. The third-order valence-corrected chi connectivity index (χ3v) is 6.22. The van der Waals surface area contributed by atoms with Gasteiger partial charge in [-0.1, -0.05) is 90.6 Å². The van der Waals surface area contributed by atoms with Gasteiger partial charge in [0.15, 0.2) is 6.29 Å². The zero-order valence-corrected chi connectivity index (χ0v) is 17.7. The summed E-state index contributed by atoms with van der Waals surface area (Å²) in [6, 6.07) is 33.4. The van der Waals surface area contributed by atoms with Gasteiger partial charge >= 0.3 is 0 Å². The molecule has 0 aliphatic carbocycles. The fourth-order valence-electron chi connectivity index (χ4n) is 3.44. The number of aldehydes is 1. The summed E-state index contributed by atoms with van der Waals surface area (Å²) in [5.41, 5.74) is 6.78. The predicted octanol–water partition coefficient (Wildman–Crippen LogP) is 6.95. The zero-order valence-electron chi connectivity index (χ0n) is 16.8. The van der Waals surface area contributed by atoms with Crippen LogP contribution in [-0.2, 0) is 6.42 Å². The lowest BCUT2D eigenvalue weighted by Gasteiger charge is -2.12. The maximum Gasteiger partial charge on any atom is 0.151 e. The second kappa shape index (κ2) is 9.47. The number of carbonyl (C=O) groups is 1. The highest BCUT2D eigenvalue weighted by atomic mass is 32.2. The van der Waals surface area contributed by atoms with Gasteiger partial charge in [-0.3, -0.25) is 4.79 Å². The molecule has 0 atom stereocenters. The standard InChI is InChI=1S/C27H23NOS/c1-28-25-18-21(13-16-27(25)30-26-10-6-5-9-24(26)19-29)17-20-11-14-23(15-12-20)22-7-3-2-4-8-22/h2-16,18-19,28H,17H2,1H3. The highest BCUT2D eigenvalue weighted by molar-refractivity contribution is 7.99. The van der Waals surface area contributed by atoms with E-state index < -0.39 is 0 Å². The Morgan fingerprint density at radius 3 is 2.13 bits per heavy atom. The molecule has 0 bridgehead atoms. The van der Waals surface area contributed by atoms with Gasteiger partial charge in [0.25, 0.3) is 0 Å². The topological polar surface area (TPSA) is 29.1 Å². The van der Waals surface area contributed by atoms with E-state index >= 15 is 0 Å². The smallest absolute Gasteiger partial charge is 0.151 e. The second-order valence-corrected chi connectivity index (χ2v) is 8.16. The molecule has 0 saturated heterocycles. The average Bonchev–Trinajstić information content (AvgIpc) is 2.81. The third kappa shape index (κ3) is 4.64. The molecule has 0 aliphatic rings. The maximum atomic E-state index is 11.3. The lowest BCUT2D eigenvalue weighted by Crippen LogP contribution is -1.95. The van der Waals surface area contributed by atoms with Gasteiger partial charge in [-0.25, -0.2) is 0 Å².